The van der Waals surface area contributed by atoms with Gasteiger partial charge in [0.15, 0.2) is 0 Å². The number of hydrogen-bond acceptors (Lipinski definition) is 3. The lowest BCUT2D eigenvalue weighted by molar-refractivity contribution is 0.121. The van der Waals surface area contributed by atoms with E-state index < -0.39 is 0 Å². The summed E-state index contributed by atoms with van der Waals surface area (Å²) < 4.78 is 5.44. The fourth-order valence-corrected chi connectivity index (χ4v) is 2.66. The summed E-state index contributed by atoms with van der Waals surface area (Å²) in [4.78, 5) is 1.53. The quantitative estimate of drug-likeness (QED) is 0.800. The van der Waals surface area contributed by atoms with Gasteiger partial charge in [0.05, 0.1) is 12.6 Å². The van der Waals surface area contributed by atoms with Crippen molar-refractivity contribution < 1.29 is 4.74 Å². The molecule has 1 aromatic rings. The van der Waals surface area contributed by atoms with Crippen molar-refractivity contribution in [3.63, 3.8) is 0 Å². The number of fused-ring (bicyclic) bond motifs is 1. The molecule has 0 aliphatic carbocycles. The molecule has 1 aliphatic heterocycles. The molecule has 2 rings (SSSR count). The standard InChI is InChI=1S/C10H15NOS/c1-2-12-7-9-8-4-6-13-10(8)3-5-11-9/h4,6,9,11H,2-3,5,7H2,1H3/t9-/m1/s1. The SMILES string of the molecule is CCOC[C@H]1NCCc2sccc21. The van der Waals surface area contributed by atoms with Crippen LogP contribution in [-0.2, 0) is 11.2 Å². The molecule has 0 unspecified atom stereocenters. The summed E-state index contributed by atoms with van der Waals surface area (Å²) in [7, 11) is 0. The first kappa shape index (κ1) is 9.19. The van der Waals surface area contributed by atoms with E-state index in [-0.39, 0.29) is 0 Å². The lowest BCUT2D eigenvalue weighted by atomic mass is 10.0. The van der Waals surface area contributed by atoms with Gasteiger partial charge >= 0.3 is 0 Å². The average Bonchev–Trinajstić information content (AvgIpc) is 2.62. The number of hydrogen-bond donors (Lipinski definition) is 1. The molecule has 0 saturated carbocycles. The normalized spacial score (nSPS) is 21.5. The minimum atomic E-state index is 0.426. The second-order valence-electron chi connectivity index (χ2n) is 3.22. The van der Waals surface area contributed by atoms with Crippen LogP contribution < -0.4 is 5.32 Å². The van der Waals surface area contributed by atoms with E-state index in [1.54, 1.807) is 0 Å². The highest BCUT2D eigenvalue weighted by Crippen LogP contribution is 2.27. The highest BCUT2D eigenvalue weighted by molar-refractivity contribution is 7.10. The van der Waals surface area contributed by atoms with Crippen molar-refractivity contribution in [2.45, 2.75) is 19.4 Å². The van der Waals surface area contributed by atoms with Gasteiger partial charge < -0.3 is 10.1 Å². The fraction of sp³-hybridized carbons (Fsp3) is 0.600. The zero-order valence-electron chi connectivity index (χ0n) is 7.88. The summed E-state index contributed by atoms with van der Waals surface area (Å²) in [5.41, 5.74) is 1.45. The number of nitrogens with one attached hydrogen (secondary N) is 1. The Labute approximate surface area is 82.9 Å². The lowest BCUT2D eigenvalue weighted by Crippen LogP contribution is -2.31. The summed E-state index contributed by atoms with van der Waals surface area (Å²) in [5, 5.41) is 5.66. The van der Waals surface area contributed by atoms with Gasteiger partial charge in [0, 0.05) is 18.0 Å². The molecule has 72 valence electrons. The Hall–Kier alpha value is -0.380. The minimum absolute atomic E-state index is 0.426. The van der Waals surface area contributed by atoms with E-state index in [1.807, 2.05) is 18.3 Å². The van der Waals surface area contributed by atoms with Crippen molar-refractivity contribution in [2.75, 3.05) is 19.8 Å². The molecule has 0 bridgehead atoms. The second kappa shape index (κ2) is 4.22. The molecule has 13 heavy (non-hydrogen) atoms. The largest absolute Gasteiger partial charge is 0.380 e. The topological polar surface area (TPSA) is 21.3 Å². The molecule has 1 N–H and O–H groups in total. The highest BCUT2D eigenvalue weighted by Gasteiger charge is 2.19. The molecule has 2 heterocycles. The van der Waals surface area contributed by atoms with Crippen molar-refractivity contribution in [3.8, 4) is 0 Å². The van der Waals surface area contributed by atoms with Crippen molar-refractivity contribution in [3.05, 3.63) is 21.9 Å². The Morgan fingerprint density at radius 2 is 2.62 bits per heavy atom. The second-order valence-corrected chi connectivity index (χ2v) is 4.22. The summed E-state index contributed by atoms with van der Waals surface area (Å²) in [5.74, 6) is 0. The molecule has 1 aromatic heterocycles. The molecule has 2 nitrogen and oxygen atoms in total. The molecule has 0 aromatic carbocycles. The molecule has 0 spiro atoms. The van der Waals surface area contributed by atoms with Gasteiger partial charge in [-0.15, -0.1) is 11.3 Å². The summed E-state index contributed by atoms with van der Waals surface area (Å²) in [6.45, 7) is 4.74. The van der Waals surface area contributed by atoms with Gasteiger partial charge in [-0.1, -0.05) is 0 Å². The fourth-order valence-electron chi connectivity index (χ4n) is 1.72. The van der Waals surface area contributed by atoms with Gasteiger partial charge in [-0.05, 0) is 30.4 Å². The van der Waals surface area contributed by atoms with Crippen molar-refractivity contribution in [1.82, 2.24) is 5.32 Å². The van der Waals surface area contributed by atoms with Crippen molar-refractivity contribution in [2.24, 2.45) is 0 Å². The van der Waals surface area contributed by atoms with E-state index in [1.165, 1.54) is 16.9 Å². The predicted molar refractivity (Wildman–Crippen MR) is 55.3 cm³/mol. The van der Waals surface area contributed by atoms with Crippen LogP contribution >= 0.6 is 11.3 Å². The lowest BCUT2D eigenvalue weighted by Gasteiger charge is -2.23. The maximum atomic E-state index is 5.44. The summed E-state index contributed by atoms with van der Waals surface area (Å²) >= 11 is 1.87. The Morgan fingerprint density at radius 3 is 3.46 bits per heavy atom. The molecule has 0 fully saturated rings. The maximum Gasteiger partial charge on any atom is 0.0661 e. The van der Waals surface area contributed by atoms with Crippen LogP contribution in [0.2, 0.25) is 0 Å². The van der Waals surface area contributed by atoms with E-state index in [4.69, 9.17) is 4.74 Å². The zero-order chi connectivity index (χ0) is 9.10. The molecular formula is C10H15NOS. The zero-order valence-corrected chi connectivity index (χ0v) is 8.69. The third-order valence-corrected chi connectivity index (χ3v) is 3.38. The van der Waals surface area contributed by atoms with E-state index in [0.717, 1.165) is 19.8 Å². The van der Waals surface area contributed by atoms with Crippen LogP contribution in [0.4, 0.5) is 0 Å². The molecular weight excluding hydrogens is 182 g/mol. The van der Waals surface area contributed by atoms with Gasteiger partial charge in [0.1, 0.15) is 0 Å². The van der Waals surface area contributed by atoms with Gasteiger partial charge in [-0.3, -0.25) is 0 Å². The summed E-state index contributed by atoms with van der Waals surface area (Å²) in [6, 6.07) is 2.64. The van der Waals surface area contributed by atoms with Crippen molar-refractivity contribution >= 4 is 11.3 Å². The van der Waals surface area contributed by atoms with E-state index in [0.29, 0.717) is 6.04 Å². The molecule has 1 atom stereocenters. The molecule has 0 amide bonds. The maximum absolute atomic E-state index is 5.44. The van der Waals surface area contributed by atoms with Crippen LogP contribution in [0, 0.1) is 0 Å². The summed E-state index contributed by atoms with van der Waals surface area (Å²) in [6.07, 6.45) is 1.18. The van der Waals surface area contributed by atoms with E-state index in [9.17, 15) is 0 Å². The molecule has 0 saturated heterocycles. The first-order valence-corrected chi connectivity index (χ1v) is 5.67. The number of rotatable bonds is 3. The monoisotopic (exact) mass is 197 g/mol. The first-order valence-electron chi connectivity index (χ1n) is 4.79. The smallest absolute Gasteiger partial charge is 0.0661 e. The van der Waals surface area contributed by atoms with Crippen LogP contribution in [0.15, 0.2) is 11.4 Å². The average molecular weight is 197 g/mol. The van der Waals surface area contributed by atoms with E-state index in [2.05, 4.69) is 16.8 Å². The Morgan fingerprint density at radius 1 is 1.69 bits per heavy atom. The Bertz CT molecular complexity index is 272. The van der Waals surface area contributed by atoms with Gasteiger partial charge in [0.2, 0.25) is 0 Å². The third kappa shape index (κ3) is 1.93. The van der Waals surface area contributed by atoms with Crippen LogP contribution in [0.1, 0.15) is 23.4 Å². The highest BCUT2D eigenvalue weighted by atomic mass is 32.1. The Kier molecular flexibility index (Phi) is 2.98. The molecule has 0 radical (unpaired) electrons. The van der Waals surface area contributed by atoms with Crippen molar-refractivity contribution in [1.29, 1.82) is 0 Å². The van der Waals surface area contributed by atoms with Crippen LogP contribution in [-0.4, -0.2) is 19.8 Å². The van der Waals surface area contributed by atoms with Gasteiger partial charge in [0.25, 0.3) is 0 Å². The van der Waals surface area contributed by atoms with Crippen LogP contribution in [0.5, 0.6) is 0 Å². The third-order valence-electron chi connectivity index (χ3n) is 2.39. The van der Waals surface area contributed by atoms with Gasteiger partial charge in [-0.25, -0.2) is 0 Å². The minimum Gasteiger partial charge on any atom is -0.380 e. The Balaban J connectivity index is 2.07. The molecule has 1 aliphatic rings. The van der Waals surface area contributed by atoms with Crippen LogP contribution in [0.3, 0.4) is 0 Å². The van der Waals surface area contributed by atoms with E-state index >= 15 is 0 Å². The number of thiophene rings is 1. The molecule has 3 heteroatoms. The predicted octanol–water partition coefficient (Wildman–Crippen LogP) is 1.97. The number of ether oxygens (including phenoxy) is 1. The first-order chi connectivity index (χ1) is 6.42. The van der Waals surface area contributed by atoms with Crippen LogP contribution in [0.25, 0.3) is 0 Å². The van der Waals surface area contributed by atoms with Gasteiger partial charge in [-0.2, -0.15) is 0 Å².